The standard InChI is InChI=1S/C22H21NO2/c1-14-19-13-22(25-3)21(24-2)12-18(19)11-20(23-14)17-9-8-15-6-4-5-7-16(15)10-17/h4-14,23H,1-3H3. The summed E-state index contributed by atoms with van der Waals surface area (Å²) in [6.45, 7) is 2.17. The van der Waals surface area contributed by atoms with Crippen molar-refractivity contribution in [2.75, 3.05) is 14.2 Å². The predicted molar refractivity (Wildman–Crippen MR) is 103 cm³/mol. The second-order valence-corrected chi connectivity index (χ2v) is 6.32. The normalized spacial score (nSPS) is 16.0. The number of rotatable bonds is 3. The lowest BCUT2D eigenvalue weighted by molar-refractivity contribution is 0.354. The van der Waals surface area contributed by atoms with Gasteiger partial charge in [-0.1, -0.05) is 36.4 Å². The fraction of sp³-hybridized carbons (Fsp3) is 0.182. The van der Waals surface area contributed by atoms with Gasteiger partial charge < -0.3 is 14.8 Å². The molecule has 1 N–H and O–H groups in total. The van der Waals surface area contributed by atoms with Crippen molar-refractivity contribution in [2.45, 2.75) is 13.0 Å². The second-order valence-electron chi connectivity index (χ2n) is 6.32. The molecule has 0 fully saturated rings. The third-order valence-electron chi connectivity index (χ3n) is 4.79. The maximum atomic E-state index is 5.46. The Hall–Kier alpha value is -2.94. The molecule has 1 aliphatic rings. The number of fused-ring (bicyclic) bond motifs is 2. The highest BCUT2D eigenvalue weighted by Crippen LogP contribution is 2.38. The van der Waals surface area contributed by atoms with E-state index < -0.39 is 0 Å². The van der Waals surface area contributed by atoms with E-state index in [4.69, 9.17) is 9.47 Å². The summed E-state index contributed by atoms with van der Waals surface area (Å²) in [5, 5.41) is 6.10. The summed E-state index contributed by atoms with van der Waals surface area (Å²) in [6.07, 6.45) is 2.18. The molecular formula is C22H21NO2. The number of methoxy groups -OCH3 is 2. The Morgan fingerprint density at radius 1 is 0.840 bits per heavy atom. The molecule has 3 nitrogen and oxygen atoms in total. The van der Waals surface area contributed by atoms with Crippen LogP contribution in [0.3, 0.4) is 0 Å². The molecule has 0 aromatic heterocycles. The highest BCUT2D eigenvalue weighted by atomic mass is 16.5. The van der Waals surface area contributed by atoms with Gasteiger partial charge in [-0.25, -0.2) is 0 Å². The zero-order valence-corrected chi connectivity index (χ0v) is 14.7. The van der Waals surface area contributed by atoms with Crippen LogP contribution in [0.2, 0.25) is 0 Å². The summed E-state index contributed by atoms with van der Waals surface area (Å²) < 4.78 is 10.9. The Bertz CT molecular complexity index is 975. The van der Waals surface area contributed by atoms with Gasteiger partial charge in [-0.15, -0.1) is 0 Å². The van der Waals surface area contributed by atoms with Crippen LogP contribution < -0.4 is 14.8 Å². The zero-order valence-electron chi connectivity index (χ0n) is 14.7. The van der Waals surface area contributed by atoms with Gasteiger partial charge in [-0.05, 0) is 58.7 Å². The Labute approximate surface area is 147 Å². The highest BCUT2D eigenvalue weighted by Gasteiger charge is 2.20. The van der Waals surface area contributed by atoms with Crippen LogP contribution in [0.5, 0.6) is 11.5 Å². The van der Waals surface area contributed by atoms with E-state index in [1.807, 2.05) is 6.07 Å². The van der Waals surface area contributed by atoms with E-state index >= 15 is 0 Å². The molecule has 1 heterocycles. The van der Waals surface area contributed by atoms with Gasteiger partial charge in [-0.3, -0.25) is 0 Å². The van der Waals surface area contributed by atoms with E-state index in [1.54, 1.807) is 14.2 Å². The van der Waals surface area contributed by atoms with Gasteiger partial charge in [0.05, 0.1) is 14.2 Å². The van der Waals surface area contributed by atoms with E-state index in [9.17, 15) is 0 Å². The number of benzene rings is 3. The first kappa shape index (κ1) is 15.6. The maximum Gasteiger partial charge on any atom is 0.161 e. The SMILES string of the molecule is COc1cc2c(cc1OC)C(C)NC(c1ccc3ccccc3c1)=C2. The molecule has 0 aliphatic carbocycles. The fourth-order valence-corrected chi connectivity index (χ4v) is 3.44. The molecule has 1 atom stereocenters. The lowest BCUT2D eigenvalue weighted by Gasteiger charge is -2.27. The summed E-state index contributed by atoms with van der Waals surface area (Å²) in [5.74, 6) is 1.52. The zero-order chi connectivity index (χ0) is 17.4. The first-order valence-electron chi connectivity index (χ1n) is 8.43. The molecule has 0 radical (unpaired) electrons. The number of ether oxygens (including phenoxy) is 2. The summed E-state index contributed by atoms with van der Waals surface area (Å²) in [6, 6.07) is 19.3. The number of nitrogens with one attached hydrogen (secondary N) is 1. The van der Waals surface area contributed by atoms with Crippen LogP contribution in [0.25, 0.3) is 22.5 Å². The van der Waals surface area contributed by atoms with Crippen LogP contribution in [0.15, 0.2) is 54.6 Å². The lowest BCUT2D eigenvalue weighted by atomic mass is 9.93. The largest absolute Gasteiger partial charge is 0.493 e. The van der Waals surface area contributed by atoms with Crippen molar-refractivity contribution in [3.05, 3.63) is 71.3 Å². The summed E-state index contributed by atoms with van der Waals surface area (Å²) >= 11 is 0. The smallest absolute Gasteiger partial charge is 0.161 e. The molecule has 4 rings (SSSR count). The quantitative estimate of drug-likeness (QED) is 0.731. The molecule has 0 saturated carbocycles. The van der Waals surface area contributed by atoms with Crippen LogP contribution in [-0.2, 0) is 0 Å². The molecule has 0 spiro atoms. The van der Waals surface area contributed by atoms with Crippen LogP contribution in [0, 0.1) is 0 Å². The first-order valence-corrected chi connectivity index (χ1v) is 8.43. The Morgan fingerprint density at radius 2 is 1.56 bits per heavy atom. The third-order valence-corrected chi connectivity index (χ3v) is 4.79. The molecule has 25 heavy (non-hydrogen) atoms. The molecule has 3 heteroatoms. The van der Waals surface area contributed by atoms with Gasteiger partial charge in [0.2, 0.25) is 0 Å². The van der Waals surface area contributed by atoms with Crippen molar-refractivity contribution in [2.24, 2.45) is 0 Å². The van der Waals surface area contributed by atoms with Crippen LogP contribution in [0.4, 0.5) is 0 Å². The van der Waals surface area contributed by atoms with Crippen molar-refractivity contribution in [3.8, 4) is 11.5 Å². The van der Waals surface area contributed by atoms with Crippen molar-refractivity contribution in [1.29, 1.82) is 0 Å². The fourth-order valence-electron chi connectivity index (χ4n) is 3.44. The molecule has 0 saturated heterocycles. The molecular weight excluding hydrogens is 310 g/mol. The van der Waals surface area contributed by atoms with Gasteiger partial charge in [0.25, 0.3) is 0 Å². The maximum absolute atomic E-state index is 5.46. The predicted octanol–water partition coefficient (Wildman–Crippen LogP) is 5.02. The molecule has 1 aliphatic heterocycles. The molecule has 126 valence electrons. The van der Waals surface area contributed by atoms with E-state index in [0.717, 1.165) is 22.8 Å². The highest BCUT2D eigenvalue weighted by molar-refractivity contribution is 5.90. The second kappa shape index (κ2) is 6.17. The van der Waals surface area contributed by atoms with E-state index in [0.29, 0.717) is 0 Å². The summed E-state index contributed by atoms with van der Waals surface area (Å²) in [4.78, 5) is 0. The third kappa shape index (κ3) is 2.72. The van der Waals surface area contributed by atoms with Gasteiger partial charge in [0.15, 0.2) is 11.5 Å². The Morgan fingerprint density at radius 3 is 2.32 bits per heavy atom. The van der Waals surface area contributed by atoms with Crippen molar-refractivity contribution < 1.29 is 9.47 Å². The Kier molecular flexibility index (Phi) is 3.85. The number of hydrogen-bond donors (Lipinski definition) is 1. The van der Waals surface area contributed by atoms with Crippen LogP contribution >= 0.6 is 0 Å². The minimum atomic E-state index is 0.196. The molecule has 3 aromatic rings. The minimum absolute atomic E-state index is 0.196. The van der Waals surface area contributed by atoms with Gasteiger partial charge in [0.1, 0.15) is 0 Å². The average Bonchev–Trinajstić information content (AvgIpc) is 2.66. The average molecular weight is 331 g/mol. The minimum Gasteiger partial charge on any atom is -0.493 e. The molecule has 3 aromatic carbocycles. The van der Waals surface area contributed by atoms with Gasteiger partial charge >= 0.3 is 0 Å². The van der Waals surface area contributed by atoms with Crippen LogP contribution in [0.1, 0.15) is 29.7 Å². The molecule has 0 bridgehead atoms. The van der Waals surface area contributed by atoms with Gasteiger partial charge in [0, 0.05) is 11.7 Å². The van der Waals surface area contributed by atoms with Crippen molar-refractivity contribution in [1.82, 2.24) is 5.32 Å². The number of hydrogen-bond acceptors (Lipinski definition) is 3. The van der Waals surface area contributed by atoms with E-state index in [2.05, 4.69) is 66.8 Å². The van der Waals surface area contributed by atoms with Crippen molar-refractivity contribution in [3.63, 3.8) is 0 Å². The molecule has 1 unspecified atom stereocenters. The monoisotopic (exact) mass is 331 g/mol. The van der Waals surface area contributed by atoms with Crippen molar-refractivity contribution >= 4 is 22.5 Å². The van der Waals surface area contributed by atoms with Gasteiger partial charge in [-0.2, -0.15) is 0 Å². The lowest BCUT2D eigenvalue weighted by Crippen LogP contribution is -2.21. The topological polar surface area (TPSA) is 30.5 Å². The Balaban J connectivity index is 1.82. The van der Waals surface area contributed by atoms with Crippen LogP contribution in [-0.4, -0.2) is 14.2 Å². The molecule has 0 amide bonds. The van der Waals surface area contributed by atoms with E-state index in [-0.39, 0.29) is 6.04 Å². The summed E-state index contributed by atoms with van der Waals surface area (Å²) in [7, 11) is 3.34. The first-order chi connectivity index (χ1) is 12.2. The summed E-state index contributed by atoms with van der Waals surface area (Å²) in [5.41, 5.74) is 4.68. The van der Waals surface area contributed by atoms with E-state index in [1.165, 1.54) is 21.9 Å².